The summed E-state index contributed by atoms with van der Waals surface area (Å²) in [7, 11) is 0. The monoisotopic (exact) mass is 615 g/mol. The quantitative estimate of drug-likeness (QED) is 0.194. The molecule has 0 bridgehead atoms. The zero-order chi connectivity index (χ0) is 27.8. The van der Waals surface area contributed by atoms with Crippen LogP contribution in [0.4, 0.5) is 11.4 Å². The van der Waals surface area contributed by atoms with Gasteiger partial charge in [0.15, 0.2) is 18.1 Å². The molecule has 2 N–H and O–H groups in total. The number of nitriles is 1. The predicted molar refractivity (Wildman–Crippen MR) is 154 cm³/mol. The van der Waals surface area contributed by atoms with Gasteiger partial charge in [0.25, 0.3) is 11.8 Å². The van der Waals surface area contributed by atoms with Gasteiger partial charge in [0.1, 0.15) is 11.6 Å². The first kappa shape index (κ1) is 29.1. The van der Waals surface area contributed by atoms with Crippen LogP contribution >= 0.6 is 39.1 Å². The molecule has 0 spiro atoms. The highest BCUT2D eigenvalue weighted by molar-refractivity contribution is 9.10. The summed E-state index contributed by atoms with van der Waals surface area (Å²) in [6.45, 7) is 5.66. The van der Waals surface area contributed by atoms with Gasteiger partial charge in [-0.1, -0.05) is 40.9 Å². The number of nitrogens with one attached hydrogen (secondary N) is 2. The van der Waals surface area contributed by atoms with E-state index in [0.717, 1.165) is 11.1 Å². The van der Waals surface area contributed by atoms with E-state index < -0.39 is 11.8 Å². The van der Waals surface area contributed by atoms with Crippen LogP contribution in [0.1, 0.15) is 23.6 Å². The molecule has 0 atom stereocenters. The molecular weight excluding hydrogens is 593 g/mol. The van der Waals surface area contributed by atoms with Crippen molar-refractivity contribution in [3.05, 3.63) is 85.3 Å². The van der Waals surface area contributed by atoms with Gasteiger partial charge < -0.3 is 20.1 Å². The van der Waals surface area contributed by atoms with Crippen LogP contribution in [0.2, 0.25) is 10.0 Å². The molecule has 3 aromatic carbocycles. The molecule has 0 aliphatic carbocycles. The molecule has 0 aromatic heterocycles. The number of hydrogen-bond acceptors (Lipinski definition) is 5. The Morgan fingerprint density at radius 2 is 1.79 bits per heavy atom. The minimum Gasteiger partial charge on any atom is -0.490 e. The highest BCUT2D eigenvalue weighted by Crippen LogP contribution is 2.37. The topological polar surface area (TPSA) is 100 Å². The van der Waals surface area contributed by atoms with Crippen molar-refractivity contribution in [1.82, 2.24) is 0 Å². The maximum Gasteiger partial charge on any atom is 0.266 e. The molecule has 0 heterocycles. The molecule has 0 saturated carbocycles. The second-order valence-corrected chi connectivity index (χ2v) is 9.84. The van der Waals surface area contributed by atoms with Gasteiger partial charge in [-0.25, -0.2) is 0 Å². The summed E-state index contributed by atoms with van der Waals surface area (Å²) in [4.78, 5) is 25.2. The number of ether oxygens (including phenoxy) is 2. The summed E-state index contributed by atoms with van der Waals surface area (Å²) in [5.74, 6) is -0.321. The smallest absolute Gasteiger partial charge is 0.266 e. The van der Waals surface area contributed by atoms with Gasteiger partial charge in [-0.3, -0.25) is 9.59 Å². The van der Waals surface area contributed by atoms with Gasteiger partial charge in [-0.05, 0) is 90.3 Å². The number of carbonyl (C=O) groups excluding carboxylic acids is 2. The van der Waals surface area contributed by atoms with Gasteiger partial charge in [-0.2, -0.15) is 5.26 Å². The number of halogens is 3. The lowest BCUT2D eigenvalue weighted by Crippen LogP contribution is -2.20. The van der Waals surface area contributed by atoms with Gasteiger partial charge in [0.05, 0.1) is 21.1 Å². The van der Waals surface area contributed by atoms with E-state index in [-0.39, 0.29) is 12.2 Å². The number of benzene rings is 3. The van der Waals surface area contributed by atoms with E-state index in [2.05, 4.69) is 26.6 Å². The van der Waals surface area contributed by atoms with Crippen LogP contribution in [0.5, 0.6) is 11.5 Å². The second-order valence-electron chi connectivity index (χ2n) is 8.17. The summed E-state index contributed by atoms with van der Waals surface area (Å²) in [6.07, 6.45) is 1.45. The number of anilines is 2. The van der Waals surface area contributed by atoms with Crippen molar-refractivity contribution in [2.45, 2.75) is 20.8 Å². The molecular formula is C28H24BrCl2N3O4. The van der Waals surface area contributed by atoms with E-state index in [9.17, 15) is 14.9 Å². The van der Waals surface area contributed by atoms with Gasteiger partial charge >= 0.3 is 0 Å². The van der Waals surface area contributed by atoms with Crippen molar-refractivity contribution < 1.29 is 19.1 Å². The molecule has 0 aliphatic heterocycles. The minimum absolute atomic E-state index is 0.0889. The summed E-state index contributed by atoms with van der Waals surface area (Å²) >= 11 is 15.3. The summed E-state index contributed by atoms with van der Waals surface area (Å²) in [5.41, 5.74) is 3.50. The molecule has 0 radical (unpaired) electrons. The Labute approximate surface area is 239 Å². The van der Waals surface area contributed by atoms with Crippen molar-refractivity contribution in [2.75, 3.05) is 23.8 Å². The van der Waals surface area contributed by atoms with Crippen LogP contribution in [0.3, 0.4) is 0 Å². The average Bonchev–Trinajstić information content (AvgIpc) is 2.86. The van der Waals surface area contributed by atoms with Crippen molar-refractivity contribution in [2.24, 2.45) is 0 Å². The molecule has 10 heteroatoms. The number of carbonyl (C=O) groups is 2. The third-order valence-electron chi connectivity index (χ3n) is 5.19. The summed E-state index contributed by atoms with van der Waals surface area (Å²) in [5, 5.41) is 15.8. The lowest BCUT2D eigenvalue weighted by molar-refractivity contribution is -0.118. The average molecular weight is 617 g/mol. The number of hydrogen-bond donors (Lipinski definition) is 2. The van der Waals surface area contributed by atoms with E-state index in [1.807, 2.05) is 32.0 Å². The number of nitrogens with zero attached hydrogens (tertiary/aromatic N) is 1. The minimum atomic E-state index is -0.534. The normalized spacial score (nSPS) is 10.9. The zero-order valence-electron chi connectivity index (χ0n) is 20.8. The highest BCUT2D eigenvalue weighted by Gasteiger charge is 2.16. The molecule has 38 heavy (non-hydrogen) atoms. The van der Waals surface area contributed by atoms with Crippen LogP contribution in [0.15, 0.2) is 58.6 Å². The number of aryl methyl sites for hydroxylation is 2. The Hall–Kier alpha value is -3.51. The summed E-state index contributed by atoms with van der Waals surface area (Å²) < 4.78 is 11.9. The van der Waals surface area contributed by atoms with E-state index in [4.69, 9.17) is 32.7 Å². The number of rotatable bonds is 9. The van der Waals surface area contributed by atoms with E-state index in [0.29, 0.717) is 49.6 Å². The molecule has 2 amide bonds. The van der Waals surface area contributed by atoms with Crippen LogP contribution in [-0.4, -0.2) is 25.0 Å². The first-order valence-corrected chi connectivity index (χ1v) is 13.0. The molecule has 0 unspecified atom stereocenters. The Kier molecular flexibility index (Phi) is 10.2. The molecule has 196 valence electrons. The standard InChI is InChI=1S/C28H24BrCl2N3O4/c1-4-37-25-12-18(10-19(14-32)28(36)34-24-8-5-16(2)9-17(24)3)11-21(29)27(25)38-15-26(35)33-20-6-7-22(30)23(31)13-20/h5-13H,4,15H2,1-3H3,(H,33,35)(H,34,36)/b19-10+. The number of amides is 2. The predicted octanol–water partition coefficient (Wildman–Crippen LogP) is 7.33. The Morgan fingerprint density at radius 1 is 1.03 bits per heavy atom. The molecule has 7 nitrogen and oxygen atoms in total. The van der Waals surface area contributed by atoms with Crippen LogP contribution < -0.4 is 20.1 Å². The highest BCUT2D eigenvalue weighted by atomic mass is 79.9. The fourth-order valence-corrected chi connectivity index (χ4v) is 4.31. The summed E-state index contributed by atoms with van der Waals surface area (Å²) in [6, 6.07) is 15.6. The van der Waals surface area contributed by atoms with Crippen molar-refractivity contribution in [3.63, 3.8) is 0 Å². The third-order valence-corrected chi connectivity index (χ3v) is 6.52. The van der Waals surface area contributed by atoms with Gasteiger partial charge in [0.2, 0.25) is 0 Å². The Morgan fingerprint density at radius 3 is 2.45 bits per heavy atom. The molecule has 3 aromatic rings. The maximum absolute atomic E-state index is 12.8. The molecule has 3 rings (SSSR count). The van der Waals surface area contributed by atoms with E-state index in [1.54, 1.807) is 37.3 Å². The maximum atomic E-state index is 12.8. The first-order valence-electron chi connectivity index (χ1n) is 11.5. The van der Waals surface area contributed by atoms with Gasteiger partial charge in [0, 0.05) is 11.4 Å². The van der Waals surface area contributed by atoms with Crippen LogP contribution in [0, 0.1) is 25.2 Å². The first-order chi connectivity index (χ1) is 18.1. The molecule has 0 saturated heterocycles. The zero-order valence-corrected chi connectivity index (χ0v) is 23.9. The SMILES string of the molecule is CCOc1cc(/C=C(\C#N)C(=O)Nc2ccc(C)cc2C)cc(Br)c1OCC(=O)Nc1ccc(Cl)c(Cl)c1. The molecule has 0 fully saturated rings. The van der Waals surface area contributed by atoms with Crippen LogP contribution in [0.25, 0.3) is 6.08 Å². The second kappa shape index (κ2) is 13.3. The Bertz CT molecular complexity index is 1450. The van der Waals surface area contributed by atoms with E-state index >= 15 is 0 Å². The Balaban J connectivity index is 1.78. The van der Waals surface area contributed by atoms with E-state index in [1.165, 1.54) is 12.1 Å². The fourth-order valence-electron chi connectivity index (χ4n) is 3.44. The van der Waals surface area contributed by atoms with Crippen molar-refractivity contribution in [3.8, 4) is 17.6 Å². The third kappa shape index (κ3) is 7.75. The lowest BCUT2D eigenvalue weighted by Gasteiger charge is -2.15. The largest absolute Gasteiger partial charge is 0.490 e. The van der Waals surface area contributed by atoms with Gasteiger partial charge in [-0.15, -0.1) is 0 Å². The van der Waals surface area contributed by atoms with Crippen molar-refractivity contribution >= 4 is 68.4 Å². The van der Waals surface area contributed by atoms with Crippen molar-refractivity contribution in [1.29, 1.82) is 5.26 Å². The fraction of sp³-hybridized carbons (Fsp3) is 0.179. The molecule has 0 aliphatic rings. The lowest BCUT2D eigenvalue weighted by atomic mass is 10.1. The van der Waals surface area contributed by atoms with Crippen LogP contribution in [-0.2, 0) is 9.59 Å².